The molecule has 0 saturated heterocycles. The van der Waals surface area contributed by atoms with Crippen LogP contribution in [-0.4, -0.2) is 27.8 Å². The van der Waals surface area contributed by atoms with Crippen molar-refractivity contribution in [2.75, 3.05) is 17.7 Å². The molecule has 3 aromatic heterocycles. The first-order chi connectivity index (χ1) is 14.4. The normalized spacial score (nSPS) is 15.0. The van der Waals surface area contributed by atoms with Gasteiger partial charge >= 0.3 is 0 Å². The Bertz CT molecular complexity index is 1260. The predicted octanol–water partition coefficient (Wildman–Crippen LogP) is 3.91. The van der Waals surface area contributed by atoms with Crippen LogP contribution in [0.5, 0.6) is 5.88 Å². The fourth-order valence-corrected chi connectivity index (χ4v) is 4.50. The maximum absolute atomic E-state index is 9.80. The van der Waals surface area contributed by atoms with Crippen LogP contribution in [0.2, 0.25) is 0 Å². The lowest BCUT2D eigenvalue weighted by molar-refractivity contribution is 0.398. The predicted molar refractivity (Wildman–Crippen MR) is 116 cm³/mol. The highest BCUT2D eigenvalue weighted by atomic mass is 32.1. The minimum Gasteiger partial charge on any atom is -0.481 e. The van der Waals surface area contributed by atoms with Gasteiger partial charge in [0.05, 0.1) is 41.3 Å². The number of ether oxygens (including phenoxy) is 1. The topological polar surface area (TPSA) is 112 Å². The molecule has 1 aliphatic rings. The summed E-state index contributed by atoms with van der Waals surface area (Å²) < 4.78 is 7.18. The maximum atomic E-state index is 9.80. The van der Waals surface area contributed by atoms with Gasteiger partial charge in [0.15, 0.2) is 5.69 Å². The number of fused-ring (bicyclic) bond motifs is 1. The number of hydrogen-bond donors (Lipinski definition) is 2. The minimum absolute atomic E-state index is 0.373. The number of hydrogen-bond acceptors (Lipinski definition) is 8. The Hall–Kier alpha value is -3.82. The summed E-state index contributed by atoms with van der Waals surface area (Å²) in [6.07, 6.45) is 3.17. The number of pyridine rings is 1. The van der Waals surface area contributed by atoms with Gasteiger partial charge in [-0.25, -0.2) is 9.97 Å². The number of methoxy groups -OCH3 is 1. The molecule has 1 atom stereocenters. The molecule has 0 radical (unpaired) electrons. The molecule has 4 heterocycles. The van der Waals surface area contributed by atoms with Gasteiger partial charge in [-0.15, -0.1) is 0 Å². The van der Waals surface area contributed by atoms with E-state index in [1.54, 1.807) is 19.4 Å². The van der Waals surface area contributed by atoms with E-state index in [2.05, 4.69) is 32.7 Å². The second-order valence-electron chi connectivity index (χ2n) is 6.87. The van der Waals surface area contributed by atoms with Crippen LogP contribution in [0.3, 0.4) is 0 Å². The molecule has 0 bridgehead atoms. The minimum atomic E-state index is -0.373. The Morgan fingerprint density at radius 2 is 2.00 bits per heavy atom. The third kappa shape index (κ3) is 3.25. The van der Waals surface area contributed by atoms with Gasteiger partial charge in [0.2, 0.25) is 5.88 Å². The van der Waals surface area contributed by atoms with Crippen LogP contribution < -0.4 is 15.4 Å². The summed E-state index contributed by atoms with van der Waals surface area (Å²) in [5.74, 6) is 0.503. The summed E-state index contributed by atoms with van der Waals surface area (Å²) >= 11 is 1.48. The summed E-state index contributed by atoms with van der Waals surface area (Å²) in [7, 11) is 1.56. The standard InChI is InChI=1S/C21H19N7OS/c1-11-5-14(12(2)28(11)21-17(9-23)25-13(3)30-21)6-15(8-22)20-26-16-7-19(29-4)24-10-18(16)27-20/h5-7,10,20,26-27H,1-4H3/b15-6+. The van der Waals surface area contributed by atoms with Crippen LogP contribution in [0.1, 0.15) is 27.7 Å². The van der Waals surface area contributed by atoms with Crippen LogP contribution in [0.15, 0.2) is 23.9 Å². The molecule has 0 spiro atoms. The van der Waals surface area contributed by atoms with Gasteiger partial charge in [0.1, 0.15) is 17.2 Å². The van der Waals surface area contributed by atoms with Crippen LogP contribution in [0.4, 0.5) is 11.4 Å². The lowest BCUT2D eigenvalue weighted by Crippen LogP contribution is -2.23. The Kier molecular flexibility index (Phi) is 4.90. The van der Waals surface area contributed by atoms with Crippen LogP contribution in [-0.2, 0) is 0 Å². The number of anilines is 2. The number of nitriles is 2. The number of aromatic nitrogens is 3. The molecular weight excluding hydrogens is 398 g/mol. The van der Waals surface area contributed by atoms with Crippen molar-refractivity contribution >= 4 is 28.8 Å². The first-order valence-corrected chi connectivity index (χ1v) is 10.0. The van der Waals surface area contributed by atoms with Gasteiger partial charge in [0.25, 0.3) is 0 Å². The lowest BCUT2D eigenvalue weighted by atomic mass is 10.1. The fourth-order valence-electron chi connectivity index (χ4n) is 3.52. The van der Waals surface area contributed by atoms with Gasteiger partial charge in [-0.2, -0.15) is 10.5 Å². The molecule has 4 rings (SSSR count). The van der Waals surface area contributed by atoms with Crippen molar-refractivity contribution in [3.05, 3.63) is 51.6 Å². The highest BCUT2D eigenvalue weighted by Gasteiger charge is 2.25. The Morgan fingerprint density at radius 1 is 1.23 bits per heavy atom. The molecule has 0 fully saturated rings. The van der Waals surface area contributed by atoms with E-state index in [1.165, 1.54) is 11.3 Å². The second kappa shape index (κ2) is 7.54. The Morgan fingerprint density at radius 3 is 2.70 bits per heavy atom. The average molecular weight is 417 g/mol. The zero-order valence-corrected chi connectivity index (χ0v) is 17.8. The van der Waals surface area contributed by atoms with Crippen molar-refractivity contribution in [2.45, 2.75) is 26.9 Å². The lowest BCUT2D eigenvalue weighted by Gasteiger charge is -2.11. The second-order valence-corrected chi connectivity index (χ2v) is 8.05. The molecule has 8 nitrogen and oxygen atoms in total. The maximum Gasteiger partial charge on any atom is 0.215 e. The van der Waals surface area contributed by atoms with Crippen molar-refractivity contribution < 1.29 is 4.74 Å². The van der Waals surface area contributed by atoms with Crippen molar-refractivity contribution in [1.29, 1.82) is 10.5 Å². The quantitative estimate of drug-likeness (QED) is 0.619. The molecule has 30 heavy (non-hydrogen) atoms. The first kappa shape index (κ1) is 19.5. The van der Waals surface area contributed by atoms with Crippen molar-refractivity contribution in [1.82, 2.24) is 14.5 Å². The smallest absolute Gasteiger partial charge is 0.215 e. The van der Waals surface area contributed by atoms with Crippen molar-refractivity contribution in [3.8, 4) is 23.0 Å². The molecule has 1 aliphatic heterocycles. The van der Waals surface area contributed by atoms with E-state index in [0.29, 0.717) is 17.1 Å². The molecule has 1 unspecified atom stereocenters. The van der Waals surface area contributed by atoms with Gasteiger partial charge in [-0.05, 0) is 38.5 Å². The summed E-state index contributed by atoms with van der Waals surface area (Å²) in [5, 5.41) is 27.4. The van der Waals surface area contributed by atoms with Crippen LogP contribution >= 0.6 is 11.3 Å². The number of nitrogens with zero attached hydrogens (tertiary/aromatic N) is 5. The van der Waals surface area contributed by atoms with Crippen molar-refractivity contribution in [2.24, 2.45) is 0 Å². The van der Waals surface area contributed by atoms with E-state index in [0.717, 1.165) is 38.3 Å². The fraction of sp³-hybridized carbons (Fsp3) is 0.238. The first-order valence-electron chi connectivity index (χ1n) is 9.20. The van der Waals surface area contributed by atoms with Gasteiger partial charge < -0.3 is 19.9 Å². The highest BCUT2D eigenvalue weighted by molar-refractivity contribution is 7.14. The van der Waals surface area contributed by atoms with Crippen molar-refractivity contribution in [3.63, 3.8) is 0 Å². The summed E-state index contributed by atoms with van der Waals surface area (Å²) in [4.78, 5) is 8.50. The SMILES string of the molecule is COc1cc2c(cn1)NC(/C(C#N)=C/c1cc(C)n(-c3sc(C)nc3C#N)c1C)N2. The van der Waals surface area contributed by atoms with E-state index in [9.17, 15) is 10.5 Å². The zero-order valence-electron chi connectivity index (χ0n) is 16.9. The molecule has 0 saturated carbocycles. The molecule has 9 heteroatoms. The summed E-state index contributed by atoms with van der Waals surface area (Å²) in [6, 6.07) is 8.26. The monoisotopic (exact) mass is 417 g/mol. The number of rotatable bonds is 4. The number of aryl methyl sites for hydroxylation is 2. The highest BCUT2D eigenvalue weighted by Crippen LogP contribution is 2.34. The number of nitrogens with one attached hydrogen (secondary N) is 2. The van der Waals surface area contributed by atoms with E-state index in [1.807, 2.05) is 37.5 Å². The van der Waals surface area contributed by atoms with Crippen LogP contribution in [0.25, 0.3) is 11.1 Å². The summed E-state index contributed by atoms with van der Waals surface area (Å²) in [5.41, 5.74) is 5.41. The molecule has 3 aromatic rings. The number of thiazole rings is 1. The van der Waals surface area contributed by atoms with Gasteiger partial charge in [-0.1, -0.05) is 11.3 Å². The molecule has 0 amide bonds. The molecule has 0 aromatic carbocycles. The zero-order chi connectivity index (χ0) is 21.4. The average Bonchev–Trinajstić information content (AvgIpc) is 3.40. The Labute approximate surface area is 178 Å². The van der Waals surface area contributed by atoms with Crippen LogP contribution in [0, 0.1) is 43.4 Å². The summed E-state index contributed by atoms with van der Waals surface area (Å²) in [6.45, 7) is 5.84. The third-order valence-electron chi connectivity index (χ3n) is 4.93. The Balaban J connectivity index is 1.69. The largest absolute Gasteiger partial charge is 0.481 e. The van der Waals surface area contributed by atoms with Gasteiger partial charge in [-0.3, -0.25) is 0 Å². The molecule has 2 N–H and O–H groups in total. The molecule has 150 valence electrons. The van der Waals surface area contributed by atoms with Gasteiger partial charge in [0, 0.05) is 17.5 Å². The molecule has 0 aliphatic carbocycles. The van der Waals surface area contributed by atoms with E-state index < -0.39 is 0 Å². The van der Waals surface area contributed by atoms with E-state index in [-0.39, 0.29) is 6.17 Å². The molecular formula is C21H19N7OS. The third-order valence-corrected chi connectivity index (χ3v) is 5.89. The van der Waals surface area contributed by atoms with E-state index >= 15 is 0 Å². The van der Waals surface area contributed by atoms with E-state index in [4.69, 9.17) is 4.74 Å².